The molecule has 1 atom stereocenters. The summed E-state index contributed by atoms with van der Waals surface area (Å²) in [5.41, 5.74) is -0.189. The van der Waals surface area contributed by atoms with Gasteiger partial charge in [0.15, 0.2) is 0 Å². The second kappa shape index (κ2) is 5.47. The van der Waals surface area contributed by atoms with Gasteiger partial charge in [-0.05, 0) is 24.8 Å². The summed E-state index contributed by atoms with van der Waals surface area (Å²) in [5, 5.41) is 3.33. The van der Waals surface area contributed by atoms with Crippen LogP contribution in [0.5, 0.6) is 0 Å². The van der Waals surface area contributed by atoms with Crippen molar-refractivity contribution in [1.82, 2.24) is 10.0 Å². The van der Waals surface area contributed by atoms with Gasteiger partial charge in [0.25, 0.3) is 0 Å². The van der Waals surface area contributed by atoms with E-state index in [4.69, 9.17) is 0 Å². The number of hydrogen-bond acceptors (Lipinski definition) is 3. The van der Waals surface area contributed by atoms with Gasteiger partial charge in [-0.3, -0.25) is 0 Å². The van der Waals surface area contributed by atoms with Crippen LogP contribution >= 0.6 is 0 Å². The number of rotatable bonds is 4. The first-order valence-electron chi connectivity index (χ1n) is 5.99. The van der Waals surface area contributed by atoms with Crippen molar-refractivity contribution >= 4 is 10.0 Å². The first-order valence-corrected chi connectivity index (χ1v) is 7.64. The molecule has 1 saturated heterocycles. The van der Waals surface area contributed by atoms with Gasteiger partial charge >= 0.3 is 0 Å². The van der Waals surface area contributed by atoms with E-state index in [-0.39, 0.29) is 11.2 Å². The Bertz CT molecular complexity index is 300. The van der Waals surface area contributed by atoms with Crippen molar-refractivity contribution in [3.63, 3.8) is 0 Å². The number of sulfonamides is 1. The molecule has 0 saturated carbocycles. The average molecular weight is 248 g/mol. The lowest BCUT2D eigenvalue weighted by Gasteiger charge is -2.25. The van der Waals surface area contributed by atoms with E-state index in [1.807, 2.05) is 20.8 Å². The monoisotopic (exact) mass is 248 g/mol. The van der Waals surface area contributed by atoms with Crippen molar-refractivity contribution in [2.45, 2.75) is 46.1 Å². The molecular formula is C11H24N2O2S. The van der Waals surface area contributed by atoms with E-state index in [1.165, 1.54) is 12.8 Å². The Morgan fingerprint density at radius 2 is 2.00 bits per heavy atom. The molecule has 96 valence electrons. The van der Waals surface area contributed by atoms with Crippen LogP contribution in [-0.2, 0) is 10.0 Å². The van der Waals surface area contributed by atoms with Crippen LogP contribution in [0.4, 0.5) is 0 Å². The first-order chi connectivity index (χ1) is 7.29. The van der Waals surface area contributed by atoms with Crippen LogP contribution in [0.25, 0.3) is 0 Å². The number of hydrogen-bond donors (Lipinski definition) is 2. The van der Waals surface area contributed by atoms with Crippen LogP contribution in [-0.4, -0.2) is 33.3 Å². The maximum absolute atomic E-state index is 11.7. The SMILES string of the molecule is CC(C)(C)CS(=O)(=O)NCC1CCCCN1. The highest BCUT2D eigenvalue weighted by Gasteiger charge is 2.22. The van der Waals surface area contributed by atoms with Crippen LogP contribution in [0, 0.1) is 5.41 Å². The third-order valence-corrected chi connectivity index (χ3v) is 4.44. The van der Waals surface area contributed by atoms with Gasteiger partial charge in [-0.2, -0.15) is 0 Å². The molecule has 2 N–H and O–H groups in total. The zero-order chi connectivity index (χ0) is 12.2. The lowest BCUT2D eigenvalue weighted by atomic mass is 10.0. The predicted octanol–water partition coefficient (Wildman–Crippen LogP) is 1.09. The fourth-order valence-corrected chi connectivity index (χ4v) is 3.64. The molecule has 0 bridgehead atoms. The maximum Gasteiger partial charge on any atom is 0.212 e. The van der Waals surface area contributed by atoms with Gasteiger partial charge in [0.2, 0.25) is 10.0 Å². The summed E-state index contributed by atoms with van der Waals surface area (Å²) in [6.07, 6.45) is 3.46. The third-order valence-electron chi connectivity index (χ3n) is 2.59. The minimum absolute atomic E-state index is 0.187. The molecule has 0 amide bonds. The van der Waals surface area contributed by atoms with Gasteiger partial charge in [-0.1, -0.05) is 27.2 Å². The second-order valence-corrected chi connectivity index (χ2v) is 7.62. The fourth-order valence-electron chi connectivity index (χ4n) is 1.95. The van der Waals surface area contributed by atoms with Crippen molar-refractivity contribution in [1.29, 1.82) is 0 Å². The molecule has 1 heterocycles. The molecular weight excluding hydrogens is 224 g/mol. The Labute approximate surface area is 99.2 Å². The Morgan fingerprint density at radius 3 is 2.50 bits per heavy atom. The molecule has 1 fully saturated rings. The first kappa shape index (κ1) is 13.9. The van der Waals surface area contributed by atoms with Crippen molar-refractivity contribution in [3.8, 4) is 0 Å². The summed E-state index contributed by atoms with van der Waals surface area (Å²) in [6.45, 7) is 7.34. The summed E-state index contributed by atoms with van der Waals surface area (Å²) in [6, 6.07) is 0.309. The molecule has 0 aromatic rings. The highest BCUT2D eigenvalue weighted by Crippen LogP contribution is 2.15. The standard InChI is InChI=1S/C11H24N2O2S/c1-11(2,3)9-16(14,15)13-8-10-6-4-5-7-12-10/h10,12-13H,4-9H2,1-3H3. The Balaban J connectivity index is 2.35. The molecule has 1 aliphatic heterocycles. The molecule has 0 aliphatic carbocycles. The molecule has 5 heteroatoms. The van der Waals surface area contributed by atoms with Crippen molar-refractivity contribution in [3.05, 3.63) is 0 Å². The quantitative estimate of drug-likeness (QED) is 0.783. The molecule has 0 aromatic heterocycles. The largest absolute Gasteiger partial charge is 0.313 e. The lowest BCUT2D eigenvalue weighted by Crippen LogP contribution is -2.44. The van der Waals surface area contributed by atoms with Gasteiger partial charge in [0.05, 0.1) is 5.75 Å². The highest BCUT2D eigenvalue weighted by atomic mass is 32.2. The van der Waals surface area contributed by atoms with E-state index in [0.29, 0.717) is 12.6 Å². The van der Waals surface area contributed by atoms with Gasteiger partial charge in [-0.25, -0.2) is 13.1 Å². The summed E-state index contributed by atoms with van der Waals surface area (Å²) >= 11 is 0. The fraction of sp³-hybridized carbons (Fsp3) is 1.00. The molecule has 1 rings (SSSR count). The number of piperidine rings is 1. The van der Waals surface area contributed by atoms with E-state index in [2.05, 4.69) is 10.0 Å². The van der Waals surface area contributed by atoms with Crippen LogP contribution in [0.1, 0.15) is 40.0 Å². The van der Waals surface area contributed by atoms with Crippen LogP contribution < -0.4 is 10.0 Å². The van der Waals surface area contributed by atoms with Crippen molar-refractivity contribution in [2.24, 2.45) is 5.41 Å². The van der Waals surface area contributed by atoms with E-state index in [0.717, 1.165) is 13.0 Å². The van der Waals surface area contributed by atoms with Gasteiger partial charge in [0, 0.05) is 12.6 Å². The molecule has 0 radical (unpaired) electrons. The summed E-state index contributed by atoms with van der Waals surface area (Å²) in [4.78, 5) is 0. The van der Waals surface area contributed by atoms with Crippen LogP contribution in [0.2, 0.25) is 0 Å². The smallest absolute Gasteiger partial charge is 0.212 e. The van der Waals surface area contributed by atoms with Gasteiger partial charge in [0.1, 0.15) is 0 Å². The van der Waals surface area contributed by atoms with Crippen molar-refractivity contribution < 1.29 is 8.42 Å². The Kier molecular flexibility index (Phi) is 4.76. The number of nitrogens with one attached hydrogen (secondary N) is 2. The third kappa shape index (κ3) is 5.82. The summed E-state index contributed by atoms with van der Waals surface area (Å²) in [5.74, 6) is 0.187. The van der Waals surface area contributed by atoms with Crippen LogP contribution in [0.15, 0.2) is 0 Å². The Morgan fingerprint density at radius 1 is 1.31 bits per heavy atom. The average Bonchev–Trinajstić information content (AvgIpc) is 2.13. The normalized spacial score (nSPS) is 23.3. The minimum Gasteiger partial charge on any atom is -0.313 e. The summed E-state index contributed by atoms with van der Waals surface area (Å²) < 4.78 is 26.2. The topological polar surface area (TPSA) is 58.2 Å². The molecule has 1 aliphatic rings. The lowest BCUT2D eigenvalue weighted by molar-refractivity contribution is 0.395. The zero-order valence-electron chi connectivity index (χ0n) is 10.5. The molecule has 0 spiro atoms. The summed E-state index contributed by atoms with van der Waals surface area (Å²) in [7, 11) is -3.13. The molecule has 16 heavy (non-hydrogen) atoms. The molecule has 4 nitrogen and oxygen atoms in total. The van der Waals surface area contributed by atoms with E-state index < -0.39 is 10.0 Å². The van der Waals surface area contributed by atoms with Crippen molar-refractivity contribution in [2.75, 3.05) is 18.8 Å². The predicted molar refractivity (Wildman–Crippen MR) is 66.9 cm³/mol. The van der Waals surface area contributed by atoms with Crippen LogP contribution in [0.3, 0.4) is 0 Å². The Hall–Kier alpha value is -0.130. The highest BCUT2D eigenvalue weighted by molar-refractivity contribution is 7.89. The van der Waals surface area contributed by atoms with Gasteiger partial charge < -0.3 is 5.32 Å². The molecule has 0 aromatic carbocycles. The van der Waals surface area contributed by atoms with E-state index in [1.54, 1.807) is 0 Å². The second-order valence-electron chi connectivity index (χ2n) is 5.82. The van der Waals surface area contributed by atoms with E-state index in [9.17, 15) is 8.42 Å². The van der Waals surface area contributed by atoms with Gasteiger partial charge in [-0.15, -0.1) is 0 Å². The molecule has 1 unspecified atom stereocenters. The van der Waals surface area contributed by atoms with E-state index >= 15 is 0 Å². The minimum atomic E-state index is -3.13. The zero-order valence-corrected chi connectivity index (χ0v) is 11.4. The maximum atomic E-state index is 11.7.